The van der Waals surface area contributed by atoms with E-state index in [1.807, 2.05) is 30.3 Å². The summed E-state index contributed by atoms with van der Waals surface area (Å²) in [5.41, 5.74) is 2.12. The first-order valence-electron chi connectivity index (χ1n) is 7.51. The molecule has 3 rings (SSSR count). The van der Waals surface area contributed by atoms with Crippen molar-refractivity contribution >= 4 is 11.6 Å². The van der Waals surface area contributed by atoms with Crippen molar-refractivity contribution in [3.05, 3.63) is 42.2 Å². The number of ether oxygens (including phenoxy) is 1. The molecule has 0 saturated carbocycles. The highest BCUT2D eigenvalue weighted by atomic mass is 16.5. The van der Waals surface area contributed by atoms with Crippen LogP contribution in [0.2, 0.25) is 0 Å². The van der Waals surface area contributed by atoms with Crippen molar-refractivity contribution < 1.29 is 9.53 Å². The van der Waals surface area contributed by atoms with Gasteiger partial charge in [0.05, 0.1) is 19.0 Å². The molecule has 2 atom stereocenters. The molecule has 0 N–H and O–H groups in total. The Balaban J connectivity index is 1.85. The normalized spacial score (nSPS) is 22.0. The SMILES string of the molecule is COc1ccc(C2CN(c3cnn(C)c3)C(=O)CC2C)cc1. The Hall–Kier alpha value is -2.30. The van der Waals surface area contributed by atoms with Crippen LogP contribution in [0.1, 0.15) is 24.8 Å². The van der Waals surface area contributed by atoms with Crippen LogP contribution in [0.3, 0.4) is 0 Å². The molecular formula is C17H21N3O2. The van der Waals surface area contributed by atoms with E-state index in [-0.39, 0.29) is 5.91 Å². The summed E-state index contributed by atoms with van der Waals surface area (Å²) in [6.45, 7) is 2.84. The molecule has 5 nitrogen and oxygen atoms in total. The number of piperidine rings is 1. The van der Waals surface area contributed by atoms with Crippen LogP contribution < -0.4 is 9.64 Å². The van der Waals surface area contributed by atoms with Crippen molar-refractivity contribution in [3.63, 3.8) is 0 Å². The first-order valence-corrected chi connectivity index (χ1v) is 7.51. The van der Waals surface area contributed by atoms with Gasteiger partial charge in [-0.05, 0) is 23.6 Å². The smallest absolute Gasteiger partial charge is 0.227 e. The fraction of sp³-hybridized carbons (Fsp3) is 0.412. The largest absolute Gasteiger partial charge is 0.497 e. The highest BCUT2D eigenvalue weighted by Gasteiger charge is 2.33. The first-order chi connectivity index (χ1) is 10.6. The number of hydrogen-bond donors (Lipinski definition) is 0. The van der Waals surface area contributed by atoms with E-state index in [2.05, 4.69) is 24.2 Å². The Morgan fingerprint density at radius 2 is 2.00 bits per heavy atom. The van der Waals surface area contributed by atoms with Crippen LogP contribution in [0, 0.1) is 5.92 Å². The summed E-state index contributed by atoms with van der Waals surface area (Å²) in [7, 11) is 3.53. The summed E-state index contributed by atoms with van der Waals surface area (Å²) >= 11 is 0. The van der Waals surface area contributed by atoms with Gasteiger partial charge in [0.25, 0.3) is 0 Å². The van der Waals surface area contributed by atoms with Gasteiger partial charge in [0.15, 0.2) is 0 Å². The Labute approximate surface area is 130 Å². The van der Waals surface area contributed by atoms with Gasteiger partial charge in [0.2, 0.25) is 5.91 Å². The van der Waals surface area contributed by atoms with Crippen molar-refractivity contribution in [2.45, 2.75) is 19.3 Å². The number of anilines is 1. The molecule has 1 aromatic heterocycles. The minimum absolute atomic E-state index is 0.172. The van der Waals surface area contributed by atoms with Crippen LogP contribution in [-0.4, -0.2) is 29.3 Å². The van der Waals surface area contributed by atoms with Crippen LogP contribution in [0.4, 0.5) is 5.69 Å². The third kappa shape index (κ3) is 2.71. The summed E-state index contributed by atoms with van der Waals surface area (Å²) in [6.07, 6.45) is 4.20. The predicted octanol–water partition coefficient (Wildman–Crippen LogP) is 2.59. The van der Waals surface area contributed by atoms with Gasteiger partial charge in [-0.3, -0.25) is 9.48 Å². The number of hydrogen-bond acceptors (Lipinski definition) is 3. The molecule has 116 valence electrons. The first kappa shape index (κ1) is 14.6. The molecule has 2 aromatic rings. The van der Waals surface area contributed by atoms with Crippen LogP contribution in [-0.2, 0) is 11.8 Å². The molecule has 0 aliphatic carbocycles. The number of carbonyl (C=O) groups excluding carboxylic acids is 1. The Morgan fingerprint density at radius 1 is 1.27 bits per heavy atom. The molecule has 1 saturated heterocycles. The van der Waals surface area contributed by atoms with Gasteiger partial charge in [0.1, 0.15) is 5.75 Å². The second-order valence-electron chi connectivity index (χ2n) is 5.94. The number of benzene rings is 1. The van der Waals surface area contributed by atoms with Crippen LogP contribution >= 0.6 is 0 Å². The van der Waals surface area contributed by atoms with E-state index < -0.39 is 0 Å². The van der Waals surface area contributed by atoms with E-state index in [9.17, 15) is 4.79 Å². The lowest BCUT2D eigenvalue weighted by Crippen LogP contribution is -2.42. The van der Waals surface area contributed by atoms with Gasteiger partial charge in [-0.15, -0.1) is 0 Å². The molecular weight excluding hydrogens is 278 g/mol. The summed E-state index contributed by atoms with van der Waals surface area (Å²) in [5.74, 6) is 1.68. The molecule has 1 aliphatic heterocycles. The summed E-state index contributed by atoms with van der Waals surface area (Å²) < 4.78 is 6.94. The zero-order valence-electron chi connectivity index (χ0n) is 13.2. The second-order valence-corrected chi connectivity index (χ2v) is 5.94. The lowest BCUT2D eigenvalue weighted by atomic mass is 9.81. The van der Waals surface area contributed by atoms with E-state index in [0.29, 0.717) is 24.8 Å². The number of rotatable bonds is 3. The lowest BCUT2D eigenvalue weighted by molar-refractivity contribution is -0.120. The van der Waals surface area contributed by atoms with Gasteiger partial charge in [-0.25, -0.2) is 0 Å². The molecule has 1 amide bonds. The molecule has 1 aliphatic rings. The maximum absolute atomic E-state index is 12.4. The molecule has 0 spiro atoms. The zero-order chi connectivity index (χ0) is 15.7. The Bertz CT molecular complexity index is 663. The van der Waals surface area contributed by atoms with Crippen molar-refractivity contribution in [1.82, 2.24) is 9.78 Å². The fourth-order valence-electron chi connectivity index (χ4n) is 3.09. The number of amides is 1. The van der Waals surface area contributed by atoms with Crippen molar-refractivity contribution in [2.24, 2.45) is 13.0 Å². The number of methoxy groups -OCH3 is 1. The van der Waals surface area contributed by atoms with Crippen LogP contribution in [0.25, 0.3) is 0 Å². The van der Waals surface area contributed by atoms with E-state index in [4.69, 9.17) is 4.74 Å². The van der Waals surface area contributed by atoms with Crippen molar-refractivity contribution in [3.8, 4) is 5.75 Å². The third-order valence-corrected chi connectivity index (χ3v) is 4.41. The number of aromatic nitrogens is 2. The Kier molecular flexibility index (Phi) is 3.88. The number of aryl methyl sites for hydroxylation is 1. The Morgan fingerprint density at radius 3 is 2.59 bits per heavy atom. The molecule has 2 heterocycles. The van der Waals surface area contributed by atoms with Gasteiger partial charge in [0, 0.05) is 32.1 Å². The maximum Gasteiger partial charge on any atom is 0.227 e. The molecule has 5 heteroatoms. The maximum atomic E-state index is 12.4. The summed E-state index contributed by atoms with van der Waals surface area (Å²) in [5, 5.41) is 4.17. The van der Waals surface area contributed by atoms with Crippen molar-refractivity contribution in [2.75, 3.05) is 18.6 Å². The van der Waals surface area contributed by atoms with Gasteiger partial charge < -0.3 is 9.64 Å². The second kappa shape index (κ2) is 5.83. The van der Waals surface area contributed by atoms with Gasteiger partial charge in [-0.2, -0.15) is 5.10 Å². The molecule has 22 heavy (non-hydrogen) atoms. The zero-order valence-corrected chi connectivity index (χ0v) is 13.2. The number of nitrogens with zero attached hydrogens (tertiary/aromatic N) is 3. The minimum Gasteiger partial charge on any atom is -0.497 e. The van der Waals surface area contributed by atoms with Crippen molar-refractivity contribution in [1.29, 1.82) is 0 Å². The summed E-state index contributed by atoms with van der Waals surface area (Å²) in [4.78, 5) is 14.2. The highest BCUT2D eigenvalue weighted by Crippen LogP contribution is 2.35. The average molecular weight is 299 g/mol. The minimum atomic E-state index is 0.172. The summed E-state index contributed by atoms with van der Waals surface area (Å²) in [6, 6.07) is 8.15. The molecule has 0 radical (unpaired) electrons. The quantitative estimate of drug-likeness (QED) is 0.875. The van der Waals surface area contributed by atoms with Crippen LogP contribution in [0.5, 0.6) is 5.75 Å². The van der Waals surface area contributed by atoms with E-state index in [1.165, 1.54) is 5.56 Å². The van der Waals surface area contributed by atoms with Crippen LogP contribution in [0.15, 0.2) is 36.7 Å². The lowest BCUT2D eigenvalue weighted by Gasteiger charge is -2.36. The average Bonchev–Trinajstić information content (AvgIpc) is 2.94. The topological polar surface area (TPSA) is 47.4 Å². The van der Waals surface area contributed by atoms with E-state index >= 15 is 0 Å². The number of carbonyl (C=O) groups is 1. The van der Waals surface area contributed by atoms with E-state index in [1.54, 1.807) is 18.0 Å². The standard InChI is InChI=1S/C17H21N3O2/c1-12-8-17(21)20(14-9-18-19(2)10-14)11-16(12)13-4-6-15(22-3)7-5-13/h4-7,9-10,12,16H,8,11H2,1-3H3. The van der Waals surface area contributed by atoms with Gasteiger partial charge >= 0.3 is 0 Å². The third-order valence-electron chi connectivity index (χ3n) is 4.41. The molecule has 0 bridgehead atoms. The molecule has 2 unspecified atom stereocenters. The predicted molar refractivity (Wildman–Crippen MR) is 85.1 cm³/mol. The highest BCUT2D eigenvalue weighted by molar-refractivity contribution is 5.94. The fourth-order valence-corrected chi connectivity index (χ4v) is 3.09. The monoisotopic (exact) mass is 299 g/mol. The molecule has 1 aromatic carbocycles. The van der Waals surface area contributed by atoms with Gasteiger partial charge in [-0.1, -0.05) is 19.1 Å². The molecule has 1 fully saturated rings. The van der Waals surface area contributed by atoms with E-state index in [0.717, 1.165) is 11.4 Å².